The Balaban J connectivity index is 1.71. The standard InChI is InChI=1S/C11H11NO5/c13-9-3-4-10(14)12(9)5-1-2-11(15)17-7-8-6-16-8/h1-4,8H,5-7H2. The lowest BCUT2D eigenvalue weighted by Gasteiger charge is -2.09. The molecule has 90 valence electrons. The van der Waals surface area contributed by atoms with Crippen LogP contribution in [0, 0.1) is 0 Å². The van der Waals surface area contributed by atoms with Crippen LogP contribution in [0.3, 0.4) is 0 Å². The Labute approximate surface area is 97.5 Å². The van der Waals surface area contributed by atoms with Crippen LogP contribution >= 0.6 is 0 Å². The van der Waals surface area contributed by atoms with E-state index in [1.807, 2.05) is 0 Å². The van der Waals surface area contributed by atoms with E-state index in [2.05, 4.69) is 0 Å². The molecule has 2 aliphatic rings. The number of ether oxygens (including phenoxy) is 2. The maximum atomic E-state index is 11.1. The summed E-state index contributed by atoms with van der Waals surface area (Å²) in [6.07, 6.45) is 5.02. The molecule has 6 nitrogen and oxygen atoms in total. The molecule has 2 rings (SSSR count). The van der Waals surface area contributed by atoms with E-state index < -0.39 is 5.97 Å². The van der Waals surface area contributed by atoms with E-state index in [-0.39, 0.29) is 31.1 Å². The molecule has 6 heteroatoms. The van der Waals surface area contributed by atoms with Crippen molar-refractivity contribution in [3.63, 3.8) is 0 Å². The first-order valence-electron chi connectivity index (χ1n) is 5.15. The van der Waals surface area contributed by atoms with Crippen molar-refractivity contribution in [1.29, 1.82) is 0 Å². The van der Waals surface area contributed by atoms with Gasteiger partial charge in [0.05, 0.1) is 6.61 Å². The van der Waals surface area contributed by atoms with Crippen LogP contribution in [-0.4, -0.2) is 48.5 Å². The topological polar surface area (TPSA) is 76.2 Å². The van der Waals surface area contributed by atoms with Crippen LogP contribution in [0.15, 0.2) is 24.3 Å². The smallest absolute Gasteiger partial charge is 0.330 e. The van der Waals surface area contributed by atoms with Gasteiger partial charge in [0.2, 0.25) is 0 Å². The highest BCUT2D eigenvalue weighted by Gasteiger charge is 2.24. The van der Waals surface area contributed by atoms with Crippen molar-refractivity contribution in [2.24, 2.45) is 0 Å². The Bertz CT molecular complexity index is 390. The Morgan fingerprint density at radius 1 is 1.47 bits per heavy atom. The third kappa shape index (κ3) is 3.25. The summed E-state index contributed by atoms with van der Waals surface area (Å²) in [5.41, 5.74) is 0. The van der Waals surface area contributed by atoms with E-state index in [0.717, 1.165) is 4.90 Å². The summed E-state index contributed by atoms with van der Waals surface area (Å²) in [7, 11) is 0. The Hall–Kier alpha value is -1.95. The number of epoxide rings is 1. The largest absolute Gasteiger partial charge is 0.460 e. The number of imide groups is 1. The molecule has 17 heavy (non-hydrogen) atoms. The van der Waals surface area contributed by atoms with Gasteiger partial charge >= 0.3 is 5.97 Å². The second-order valence-corrected chi connectivity index (χ2v) is 3.61. The average molecular weight is 237 g/mol. The summed E-state index contributed by atoms with van der Waals surface area (Å²) in [4.78, 5) is 34.4. The summed E-state index contributed by atoms with van der Waals surface area (Å²) in [6.45, 7) is 0.936. The van der Waals surface area contributed by atoms with E-state index in [0.29, 0.717) is 6.61 Å². The Kier molecular flexibility index (Phi) is 3.34. The van der Waals surface area contributed by atoms with Gasteiger partial charge in [-0.15, -0.1) is 0 Å². The highest BCUT2D eigenvalue weighted by Crippen LogP contribution is 2.08. The van der Waals surface area contributed by atoms with Crippen molar-refractivity contribution in [1.82, 2.24) is 4.90 Å². The number of esters is 1. The second-order valence-electron chi connectivity index (χ2n) is 3.61. The van der Waals surface area contributed by atoms with Crippen LogP contribution in [0.1, 0.15) is 0 Å². The summed E-state index contributed by atoms with van der Waals surface area (Å²) < 4.78 is 9.70. The lowest BCUT2D eigenvalue weighted by molar-refractivity contribution is -0.139. The number of hydrogen-bond donors (Lipinski definition) is 0. The van der Waals surface area contributed by atoms with Gasteiger partial charge in [0.15, 0.2) is 0 Å². The van der Waals surface area contributed by atoms with Gasteiger partial charge in [0.1, 0.15) is 12.7 Å². The maximum absolute atomic E-state index is 11.1. The fourth-order valence-corrected chi connectivity index (χ4v) is 1.25. The first-order chi connectivity index (χ1) is 8.16. The molecule has 0 radical (unpaired) electrons. The predicted molar refractivity (Wildman–Crippen MR) is 55.7 cm³/mol. The van der Waals surface area contributed by atoms with E-state index in [1.54, 1.807) is 0 Å². The molecule has 0 aliphatic carbocycles. The summed E-state index contributed by atoms with van der Waals surface area (Å²) in [5, 5.41) is 0. The zero-order valence-corrected chi connectivity index (χ0v) is 9.00. The lowest BCUT2D eigenvalue weighted by Crippen LogP contribution is -2.30. The monoisotopic (exact) mass is 237 g/mol. The minimum absolute atomic E-state index is 0.0262. The van der Waals surface area contributed by atoms with Crippen molar-refractivity contribution in [2.75, 3.05) is 19.8 Å². The molecule has 0 aromatic rings. The van der Waals surface area contributed by atoms with Crippen molar-refractivity contribution < 1.29 is 23.9 Å². The number of carbonyl (C=O) groups is 3. The van der Waals surface area contributed by atoms with Crippen LogP contribution in [-0.2, 0) is 23.9 Å². The summed E-state index contributed by atoms with van der Waals surface area (Å²) >= 11 is 0. The highest BCUT2D eigenvalue weighted by atomic mass is 16.6. The summed E-state index contributed by atoms with van der Waals surface area (Å²) in [5.74, 6) is -1.26. The lowest BCUT2D eigenvalue weighted by atomic mass is 10.4. The Morgan fingerprint density at radius 3 is 2.71 bits per heavy atom. The van der Waals surface area contributed by atoms with Gasteiger partial charge in [0.25, 0.3) is 11.8 Å². The number of carbonyl (C=O) groups excluding carboxylic acids is 3. The molecule has 2 amide bonds. The minimum atomic E-state index is -0.507. The number of rotatable bonds is 5. The van der Waals surface area contributed by atoms with Gasteiger partial charge in [-0.2, -0.15) is 0 Å². The van der Waals surface area contributed by atoms with Gasteiger partial charge in [-0.1, -0.05) is 6.08 Å². The normalized spacial score (nSPS) is 22.6. The molecule has 0 saturated carbocycles. The van der Waals surface area contributed by atoms with Crippen molar-refractivity contribution in [2.45, 2.75) is 6.10 Å². The molecule has 1 unspecified atom stereocenters. The third-order valence-corrected chi connectivity index (χ3v) is 2.26. The molecule has 1 fully saturated rings. The molecule has 2 heterocycles. The van der Waals surface area contributed by atoms with E-state index in [1.165, 1.54) is 24.3 Å². The van der Waals surface area contributed by atoms with Crippen LogP contribution in [0.2, 0.25) is 0 Å². The second kappa shape index (κ2) is 4.92. The first kappa shape index (κ1) is 11.5. The maximum Gasteiger partial charge on any atom is 0.330 e. The quantitative estimate of drug-likeness (QED) is 0.276. The number of amides is 2. The molecule has 0 aromatic heterocycles. The zero-order chi connectivity index (χ0) is 12.3. The van der Waals surface area contributed by atoms with E-state index in [9.17, 15) is 14.4 Å². The molecule has 0 N–H and O–H groups in total. The fraction of sp³-hybridized carbons (Fsp3) is 0.364. The number of nitrogens with zero attached hydrogens (tertiary/aromatic N) is 1. The van der Waals surface area contributed by atoms with Crippen LogP contribution < -0.4 is 0 Å². The average Bonchev–Trinajstić information content (AvgIpc) is 3.07. The summed E-state index contributed by atoms with van der Waals surface area (Å²) in [6, 6.07) is 0. The van der Waals surface area contributed by atoms with Crippen molar-refractivity contribution >= 4 is 17.8 Å². The Morgan fingerprint density at radius 2 is 2.12 bits per heavy atom. The molecule has 0 spiro atoms. The SMILES string of the molecule is O=C(C=CCN1C(=O)C=CC1=O)OCC1CO1. The van der Waals surface area contributed by atoms with E-state index in [4.69, 9.17) is 9.47 Å². The van der Waals surface area contributed by atoms with Gasteiger partial charge in [-0.25, -0.2) is 4.79 Å². The van der Waals surface area contributed by atoms with Crippen LogP contribution in [0.4, 0.5) is 0 Å². The van der Waals surface area contributed by atoms with Crippen molar-refractivity contribution in [3.8, 4) is 0 Å². The predicted octanol–water partition coefficient (Wildman–Crippen LogP) is -0.590. The molecular weight excluding hydrogens is 226 g/mol. The van der Waals surface area contributed by atoms with Gasteiger partial charge in [-0.3, -0.25) is 14.5 Å². The zero-order valence-electron chi connectivity index (χ0n) is 9.00. The van der Waals surface area contributed by atoms with Crippen LogP contribution in [0.25, 0.3) is 0 Å². The van der Waals surface area contributed by atoms with Gasteiger partial charge in [0, 0.05) is 24.8 Å². The van der Waals surface area contributed by atoms with Crippen LogP contribution in [0.5, 0.6) is 0 Å². The van der Waals surface area contributed by atoms with Crippen molar-refractivity contribution in [3.05, 3.63) is 24.3 Å². The van der Waals surface area contributed by atoms with E-state index >= 15 is 0 Å². The number of hydrogen-bond acceptors (Lipinski definition) is 5. The molecule has 2 aliphatic heterocycles. The third-order valence-electron chi connectivity index (χ3n) is 2.26. The molecular formula is C11H11NO5. The highest BCUT2D eigenvalue weighted by molar-refractivity contribution is 6.13. The molecule has 0 aromatic carbocycles. The fourth-order valence-electron chi connectivity index (χ4n) is 1.25. The molecule has 0 bridgehead atoms. The minimum Gasteiger partial charge on any atom is -0.460 e. The molecule has 1 atom stereocenters. The van der Waals surface area contributed by atoms with Gasteiger partial charge < -0.3 is 9.47 Å². The van der Waals surface area contributed by atoms with Gasteiger partial charge in [-0.05, 0) is 0 Å². The molecule has 1 saturated heterocycles. The first-order valence-corrected chi connectivity index (χ1v) is 5.15.